The van der Waals surface area contributed by atoms with Crippen LogP contribution in [-0.4, -0.2) is 60.9 Å². The highest BCUT2D eigenvalue weighted by molar-refractivity contribution is 7.46. The molecule has 0 rings (SSSR count). The molecule has 0 aromatic carbocycles. The van der Waals surface area contributed by atoms with E-state index >= 15 is 0 Å². The Morgan fingerprint density at radius 1 is 0.707 bits per heavy atom. The molecule has 0 heterocycles. The zero-order valence-corrected chi connectivity index (χ0v) is 26.8. The molecule has 0 saturated carbocycles. The van der Waals surface area contributed by atoms with Crippen LogP contribution in [0.4, 0.5) is 0 Å². The summed E-state index contributed by atoms with van der Waals surface area (Å²) >= 11 is 0. The Hall–Kier alpha value is -1.03. The van der Waals surface area contributed by atoms with E-state index in [0.717, 1.165) is 57.9 Å². The zero-order chi connectivity index (χ0) is 30.4. The van der Waals surface area contributed by atoms with Gasteiger partial charge in [0.25, 0.3) is 0 Å². The molecule has 244 valence electrons. The minimum atomic E-state index is -4.68. The van der Waals surface area contributed by atoms with Crippen molar-refractivity contribution in [3.05, 3.63) is 0 Å². The van der Waals surface area contributed by atoms with E-state index in [2.05, 4.69) is 16.8 Å². The average Bonchev–Trinajstić information content (AvgIpc) is 2.91. The first-order valence-electron chi connectivity index (χ1n) is 16.0. The molecule has 0 unspecified atom stereocenters. The topological polar surface area (TPSA) is 141 Å². The molecule has 0 aliphatic rings. The standard InChI is InChI=1S/C30H60NO9P/c1-3-4-5-6-7-8-9-10-13-16-19-22-30(33)40-29(26-39-41(34,35)36)25-38-27-37-24-21-18-15-12-11-14-17-20-23-31-28(2)32/h29H,3-27H2,1-2H3,(H,31,32)(H2,34,35,36)/t29-/m0/s1. The molecule has 10 nitrogen and oxygen atoms in total. The first-order valence-corrected chi connectivity index (χ1v) is 17.6. The van der Waals surface area contributed by atoms with Crippen LogP contribution in [0.1, 0.15) is 142 Å². The molecule has 1 atom stereocenters. The van der Waals surface area contributed by atoms with Gasteiger partial charge in [-0.15, -0.1) is 0 Å². The monoisotopic (exact) mass is 609 g/mol. The Balaban J connectivity index is 3.83. The van der Waals surface area contributed by atoms with Gasteiger partial charge in [-0.05, 0) is 19.3 Å². The third-order valence-corrected chi connectivity index (χ3v) is 7.26. The van der Waals surface area contributed by atoms with Crippen LogP contribution in [0.25, 0.3) is 0 Å². The summed E-state index contributed by atoms with van der Waals surface area (Å²) in [5.74, 6) is -0.391. The fourth-order valence-electron chi connectivity index (χ4n) is 4.43. The van der Waals surface area contributed by atoms with Crippen molar-refractivity contribution >= 4 is 19.7 Å². The summed E-state index contributed by atoms with van der Waals surface area (Å²) in [5, 5.41) is 2.81. The number of amides is 1. The van der Waals surface area contributed by atoms with Crippen LogP contribution in [0.3, 0.4) is 0 Å². The Morgan fingerprint density at radius 3 is 1.76 bits per heavy atom. The minimum absolute atomic E-state index is 0.0108. The molecule has 0 fully saturated rings. The molecule has 0 spiro atoms. The first-order chi connectivity index (χ1) is 19.7. The lowest BCUT2D eigenvalue weighted by molar-refractivity contribution is -0.158. The van der Waals surface area contributed by atoms with E-state index in [1.807, 2.05) is 0 Å². The Bertz CT molecular complexity index is 660. The molecule has 0 aromatic heterocycles. The highest BCUT2D eigenvalue weighted by atomic mass is 31.2. The number of phosphoric acid groups is 1. The molecule has 11 heteroatoms. The number of esters is 1. The number of carbonyl (C=O) groups is 2. The minimum Gasteiger partial charge on any atom is -0.457 e. The van der Waals surface area contributed by atoms with Crippen molar-refractivity contribution in [2.24, 2.45) is 0 Å². The van der Waals surface area contributed by atoms with Crippen molar-refractivity contribution in [1.29, 1.82) is 0 Å². The van der Waals surface area contributed by atoms with Crippen LogP contribution in [0.5, 0.6) is 0 Å². The summed E-state index contributed by atoms with van der Waals surface area (Å²) in [5.41, 5.74) is 0. The van der Waals surface area contributed by atoms with Gasteiger partial charge in [0, 0.05) is 26.5 Å². The highest BCUT2D eigenvalue weighted by Gasteiger charge is 2.21. The zero-order valence-electron chi connectivity index (χ0n) is 26.0. The maximum atomic E-state index is 12.2. The lowest BCUT2D eigenvalue weighted by Gasteiger charge is -2.18. The number of phosphoric ester groups is 1. The Morgan fingerprint density at radius 2 is 1.22 bits per heavy atom. The molecular formula is C30H60NO9P. The van der Waals surface area contributed by atoms with Crippen LogP contribution in [0.2, 0.25) is 0 Å². The molecule has 1 amide bonds. The third-order valence-electron chi connectivity index (χ3n) is 6.77. The van der Waals surface area contributed by atoms with E-state index < -0.39 is 26.5 Å². The largest absolute Gasteiger partial charge is 0.469 e. The number of unbranched alkanes of at least 4 members (excludes halogenated alkanes) is 17. The first kappa shape index (κ1) is 40.0. The summed E-state index contributed by atoms with van der Waals surface area (Å²) in [4.78, 5) is 41.0. The van der Waals surface area contributed by atoms with Crippen molar-refractivity contribution in [3.63, 3.8) is 0 Å². The van der Waals surface area contributed by atoms with Gasteiger partial charge in [0.1, 0.15) is 12.9 Å². The van der Waals surface area contributed by atoms with Gasteiger partial charge < -0.3 is 29.3 Å². The molecule has 0 bridgehead atoms. The van der Waals surface area contributed by atoms with Crippen LogP contribution >= 0.6 is 7.82 Å². The predicted molar refractivity (Wildman–Crippen MR) is 161 cm³/mol. The summed E-state index contributed by atoms with van der Waals surface area (Å²) in [6.07, 6.45) is 21.2. The van der Waals surface area contributed by atoms with Crippen LogP contribution < -0.4 is 5.32 Å². The lowest BCUT2D eigenvalue weighted by atomic mass is 10.1. The fourth-order valence-corrected chi connectivity index (χ4v) is 4.79. The molecular weight excluding hydrogens is 549 g/mol. The normalized spacial score (nSPS) is 12.4. The van der Waals surface area contributed by atoms with Gasteiger partial charge in [0.15, 0.2) is 0 Å². The van der Waals surface area contributed by atoms with E-state index in [-0.39, 0.29) is 25.7 Å². The number of hydrogen-bond donors (Lipinski definition) is 3. The van der Waals surface area contributed by atoms with Gasteiger partial charge in [-0.2, -0.15) is 0 Å². The van der Waals surface area contributed by atoms with Crippen LogP contribution in [-0.2, 0) is 32.9 Å². The summed E-state index contributed by atoms with van der Waals surface area (Å²) in [6, 6.07) is 0. The molecule has 0 aromatic rings. The summed E-state index contributed by atoms with van der Waals surface area (Å²) in [7, 11) is -4.68. The van der Waals surface area contributed by atoms with Crippen molar-refractivity contribution in [2.45, 2.75) is 148 Å². The van der Waals surface area contributed by atoms with E-state index in [0.29, 0.717) is 6.61 Å². The van der Waals surface area contributed by atoms with Crippen LogP contribution in [0, 0.1) is 0 Å². The Kier molecular flexibility index (Phi) is 28.3. The van der Waals surface area contributed by atoms with E-state index in [9.17, 15) is 14.2 Å². The SMILES string of the molecule is CCCCCCCCCCCCCC(=O)O[C@@H](COCOCCCCCCCCCCNC(C)=O)COP(=O)(O)O. The van der Waals surface area contributed by atoms with Crippen LogP contribution in [0.15, 0.2) is 0 Å². The second kappa shape index (κ2) is 29.1. The van der Waals surface area contributed by atoms with Gasteiger partial charge >= 0.3 is 13.8 Å². The number of rotatable bonds is 31. The smallest absolute Gasteiger partial charge is 0.457 e. The van der Waals surface area contributed by atoms with Gasteiger partial charge in [0.05, 0.1) is 13.2 Å². The maximum absolute atomic E-state index is 12.2. The molecule has 0 radical (unpaired) electrons. The van der Waals surface area contributed by atoms with Gasteiger partial charge in [-0.1, -0.05) is 110 Å². The van der Waals surface area contributed by atoms with E-state index in [4.69, 9.17) is 24.0 Å². The summed E-state index contributed by atoms with van der Waals surface area (Å²) in [6.45, 7) is 4.58. The van der Waals surface area contributed by atoms with Crippen molar-refractivity contribution in [3.8, 4) is 0 Å². The molecule has 41 heavy (non-hydrogen) atoms. The van der Waals surface area contributed by atoms with Crippen molar-refractivity contribution in [1.82, 2.24) is 5.32 Å². The van der Waals surface area contributed by atoms with Gasteiger partial charge in [-0.25, -0.2) is 4.57 Å². The van der Waals surface area contributed by atoms with Gasteiger partial charge in [-0.3, -0.25) is 14.1 Å². The maximum Gasteiger partial charge on any atom is 0.469 e. The summed E-state index contributed by atoms with van der Waals surface area (Å²) < 4.78 is 31.9. The quantitative estimate of drug-likeness (QED) is 0.0329. The lowest BCUT2D eigenvalue weighted by Crippen LogP contribution is -2.28. The number of ether oxygens (including phenoxy) is 3. The molecule has 3 N–H and O–H groups in total. The predicted octanol–water partition coefficient (Wildman–Crippen LogP) is 6.96. The van der Waals surface area contributed by atoms with E-state index in [1.165, 1.54) is 77.6 Å². The number of nitrogens with one attached hydrogen (secondary N) is 1. The number of carbonyl (C=O) groups excluding carboxylic acids is 2. The third kappa shape index (κ3) is 33.3. The van der Waals surface area contributed by atoms with Crippen molar-refractivity contribution < 1.29 is 42.7 Å². The average molecular weight is 610 g/mol. The van der Waals surface area contributed by atoms with Gasteiger partial charge in [0.2, 0.25) is 5.91 Å². The fraction of sp³-hybridized carbons (Fsp3) is 0.933. The molecule has 0 saturated heterocycles. The highest BCUT2D eigenvalue weighted by Crippen LogP contribution is 2.35. The second-order valence-corrected chi connectivity index (χ2v) is 12.1. The number of hydrogen-bond acceptors (Lipinski definition) is 7. The second-order valence-electron chi connectivity index (χ2n) is 10.9. The van der Waals surface area contributed by atoms with E-state index in [1.54, 1.807) is 0 Å². The molecule has 0 aliphatic carbocycles. The Labute approximate surface area is 249 Å². The molecule has 0 aliphatic heterocycles. The van der Waals surface area contributed by atoms with Crippen molar-refractivity contribution in [2.75, 3.05) is 33.2 Å².